The molecule has 0 spiro atoms. The van der Waals surface area contributed by atoms with Crippen LogP contribution in [0.15, 0.2) is 18.2 Å². The number of aromatic nitrogens is 1. The van der Waals surface area contributed by atoms with E-state index in [1.165, 1.54) is 0 Å². The molecule has 1 saturated heterocycles. The van der Waals surface area contributed by atoms with Crippen LogP contribution in [0.5, 0.6) is 0 Å². The summed E-state index contributed by atoms with van der Waals surface area (Å²) in [6.07, 6.45) is 1.00. The summed E-state index contributed by atoms with van der Waals surface area (Å²) in [5, 5.41) is 0.366. The van der Waals surface area contributed by atoms with Crippen LogP contribution in [-0.4, -0.2) is 39.4 Å². The molecule has 0 aliphatic carbocycles. The topological polar surface area (TPSA) is 33.2 Å². The molecular weight excluding hydrogens is 268 g/mol. The van der Waals surface area contributed by atoms with Gasteiger partial charge in [-0.3, -0.25) is 4.79 Å². The summed E-state index contributed by atoms with van der Waals surface area (Å²) in [5.41, 5.74) is 0.437. The Kier molecular flexibility index (Phi) is 4.17. The summed E-state index contributed by atoms with van der Waals surface area (Å²) < 4.78 is 0.247. The maximum absolute atomic E-state index is 12.3. The van der Waals surface area contributed by atoms with Gasteiger partial charge in [-0.25, -0.2) is 4.98 Å². The summed E-state index contributed by atoms with van der Waals surface area (Å²) >= 11 is 7.74. The number of rotatable bonds is 1. The number of carbonyl (C=O) groups is 1. The molecule has 5 heteroatoms. The Balaban J connectivity index is 2.10. The number of halogens is 1. The zero-order chi connectivity index (χ0) is 13.2. The molecule has 0 N–H and O–H groups in total. The molecule has 1 fully saturated rings. The van der Waals surface area contributed by atoms with E-state index in [9.17, 15) is 4.79 Å². The largest absolute Gasteiger partial charge is 0.336 e. The number of pyridine rings is 1. The average molecular weight is 285 g/mol. The minimum Gasteiger partial charge on any atom is -0.336 e. The van der Waals surface area contributed by atoms with E-state index in [-0.39, 0.29) is 10.7 Å². The Morgan fingerprint density at radius 1 is 1.44 bits per heavy atom. The van der Waals surface area contributed by atoms with Gasteiger partial charge in [-0.05, 0) is 18.6 Å². The predicted molar refractivity (Wildman–Crippen MR) is 76.3 cm³/mol. The Morgan fingerprint density at radius 2 is 2.22 bits per heavy atom. The van der Waals surface area contributed by atoms with E-state index >= 15 is 0 Å². The van der Waals surface area contributed by atoms with Gasteiger partial charge in [0.25, 0.3) is 5.91 Å². The van der Waals surface area contributed by atoms with Gasteiger partial charge in [0.2, 0.25) is 0 Å². The molecule has 0 bridgehead atoms. The molecule has 3 nitrogen and oxygen atoms in total. The van der Waals surface area contributed by atoms with Crippen molar-refractivity contribution in [3.63, 3.8) is 0 Å². The normalized spacial score (nSPS) is 19.4. The van der Waals surface area contributed by atoms with E-state index in [1.807, 2.05) is 16.7 Å². The molecule has 18 heavy (non-hydrogen) atoms. The molecule has 1 aliphatic rings. The van der Waals surface area contributed by atoms with Gasteiger partial charge in [0.1, 0.15) is 10.8 Å². The Bertz CT molecular complexity index is 450. The van der Waals surface area contributed by atoms with E-state index in [0.717, 1.165) is 25.3 Å². The SMILES string of the molecule is CC1(C)CCN(C(=O)c2cccc(Cl)n2)CCS1. The molecule has 0 saturated carbocycles. The monoisotopic (exact) mass is 284 g/mol. The second-order valence-corrected chi connectivity index (χ2v) is 7.19. The second-order valence-electron chi connectivity index (χ2n) is 5.00. The van der Waals surface area contributed by atoms with Gasteiger partial charge in [-0.1, -0.05) is 31.5 Å². The van der Waals surface area contributed by atoms with Gasteiger partial charge in [0, 0.05) is 23.6 Å². The first kappa shape index (κ1) is 13.7. The van der Waals surface area contributed by atoms with Crippen LogP contribution in [0.3, 0.4) is 0 Å². The van der Waals surface area contributed by atoms with Gasteiger partial charge in [0.15, 0.2) is 0 Å². The molecule has 2 heterocycles. The van der Waals surface area contributed by atoms with Crippen LogP contribution >= 0.6 is 23.4 Å². The maximum atomic E-state index is 12.3. The third-order valence-electron chi connectivity index (χ3n) is 3.06. The van der Waals surface area contributed by atoms with Crippen molar-refractivity contribution >= 4 is 29.3 Å². The van der Waals surface area contributed by atoms with Crippen molar-refractivity contribution in [1.82, 2.24) is 9.88 Å². The predicted octanol–water partition coefficient (Wildman–Crippen LogP) is 3.09. The Hall–Kier alpha value is -0.740. The van der Waals surface area contributed by atoms with Gasteiger partial charge >= 0.3 is 0 Å². The van der Waals surface area contributed by atoms with Crippen molar-refractivity contribution in [2.45, 2.75) is 25.0 Å². The molecule has 0 aromatic carbocycles. The lowest BCUT2D eigenvalue weighted by Gasteiger charge is -2.22. The Labute approximate surface area is 117 Å². The maximum Gasteiger partial charge on any atom is 0.272 e. The highest BCUT2D eigenvalue weighted by Crippen LogP contribution is 2.30. The molecule has 0 atom stereocenters. The smallest absolute Gasteiger partial charge is 0.272 e. The lowest BCUT2D eigenvalue weighted by molar-refractivity contribution is 0.0758. The first-order chi connectivity index (χ1) is 8.48. The third-order valence-corrected chi connectivity index (χ3v) is 4.64. The summed E-state index contributed by atoms with van der Waals surface area (Å²) in [6, 6.07) is 5.16. The quantitative estimate of drug-likeness (QED) is 0.743. The van der Waals surface area contributed by atoms with Crippen molar-refractivity contribution in [3.8, 4) is 0 Å². The number of amides is 1. The first-order valence-electron chi connectivity index (χ1n) is 6.04. The first-order valence-corrected chi connectivity index (χ1v) is 7.40. The average Bonchev–Trinajstić information content (AvgIpc) is 2.49. The van der Waals surface area contributed by atoms with Gasteiger partial charge in [0.05, 0.1) is 0 Å². The van der Waals surface area contributed by atoms with Crippen LogP contribution in [0.1, 0.15) is 30.8 Å². The van der Waals surface area contributed by atoms with E-state index in [1.54, 1.807) is 18.2 Å². The van der Waals surface area contributed by atoms with E-state index < -0.39 is 0 Å². The summed E-state index contributed by atoms with van der Waals surface area (Å²) in [6.45, 7) is 6.01. The fraction of sp³-hybridized carbons (Fsp3) is 0.538. The lowest BCUT2D eigenvalue weighted by Crippen LogP contribution is -2.34. The highest BCUT2D eigenvalue weighted by molar-refractivity contribution is 8.00. The third kappa shape index (κ3) is 3.39. The number of hydrogen-bond donors (Lipinski definition) is 0. The van der Waals surface area contributed by atoms with Crippen molar-refractivity contribution in [2.24, 2.45) is 0 Å². The van der Waals surface area contributed by atoms with Crippen LogP contribution < -0.4 is 0 Å². The number of hydrogen-bond acceptors (Lipinski definition) is 3. The molecule has 1 amide bonds. The highest BCUT2D eigenvalue weighted by Gasteiger charge is 2.26. The van der Waals surface area contributed by atoms with Crippen LogP contribution in [0.2, 0.25) is 5.15 Å². The van der Waals surface area contributed by atoms with Crippen molar-refractivity contribution in [1.29, 1.82) is 0 Å². The van der Waals surface area contributed by atoms with Gasteiger partial charge < -0.3 is 4.90 Å². The summed E-state index contributed by atoms with van der Waals surface area (Å²) in [5.74, 6) is 0.954. The number of nitrogens with zero attached hydrogens (tertiary/aromatic N) is 2. The molecule has 0 unspecified atom stereocenters. The minimum atomic E-state index is -0.0178. The standard InChI is InChI=1S/C13H17ClN2OS/c1-13(2)6-7-16(8-9-18-13)12(17)10-4-3-5-11(14)15-10/h3-5H,6-9H2,1-2H3. The van der Waals surface area contributed by atoms with Crippen molar-refractivity contribution in [3.05, 3.63) is 29.0 Å². The molecular formula is C13H17ClN2OS. The Morgan fingerprint density at radius 3 is 2.94 bits per heavy atom. The summed E-state index contributed by atoms with van der Waals surface area (Å²) in [4.78, 5) is 18.3. The van der Waals surface area contributed by atoms with Crippen LogP contribution in [0, 0.1) is 0 Å². The van der Waals surface area contributed by atoms with Crippen LogP contribution in [0.25, 0.3) is 0 Å². The van der Waals surface area contributed by atoms with Gasteiger partial charge in [-0.15, -0.1) is 0 Å². The zero-order valence-electron chi connectivity index (χ0n) is 10.6. The minimum absolute atomic E-state index is 0.0178. The molecule has 98 valence electrons. The fourth-order valence-corrected chi connectivity index (χ4v) is 3.18. The number of carbonyl (C=O) groups excluding carboxylic acids is 1. The van der Waals surface area contributed by atoms with Crippen molar-refractivity contribution < 1.29 is 4.79 Å². The number of thioether (sulfide) groups is 1. The second kappa shape index (κ2) is 5.49. The van der Waals surface area contributed by atoms with E-state index in [0.29, 0.717) is 10.8 Å². The van der Waals surface area contributed by atoms with Crippen LogP contribution in [0.4, 0.5) is 0 Å². The van der Waals surface area contributed by atoms with E-state index in [4.69, 9.17) is 11.6 Å². The molecule has 1 aromatic heterocycles. The molecule has 2 rings (SSSR count). The zero-order valence-corrected chi connectivity index (χ0v) is 12.2. The summed E-state index contributed by atoms with van der Waals surface area (Å²) in [7, 11) is 0. The highest BCUT2D eigenvalue weighted by atomic mass is 35.5. The lowest BCUT2D eigenvalue weighted by atomic mass is 10.1. The molecule has 1 aromatic rings. The molecule has 0 radical (unpaired) electrons. The fourth-order valence-electron chi connectivity index (χ4n) is 1.91. The van der Waals surface area contributed by atoms with E-state index in [2.05, 4.69) is 18.8 Å². The van der Waals surface area contributed by atoms with Crippen molar-refractivity contribution in [2.75, 3.05) is 18.8 Å². The molecule has 1 aliphatic heterocycles. The van der Waals surface area contributed by atoms with Gasteiger partial charge in [-0.2, -0.15) is 11.8 Å². The van der Waals surface area contributed by atoms with Crippen LogP contribution in [-0.2, 0) is 0 Å².